The first-order chi connectivity index (χ1) is 14.1. The van der Waals surface area contributed by atoms with Crippen LogP contribution in [-0.4, -0.2) is 47.9 Å². The van der Waals surface area contributed by atoms with E-state index in [1.807, 2.05) is 40.9 Å². The van der Waals surface area contributed by atoms with Gasteiger partial charge in [-0.25, -0.2) is 0 Å². The van der Waals surface area contributed by atoms with Crippen molar-refractivity contribution in [3.8, 4) is 0 Å². The molecule has 6 heteroatoms. The molecule has 1 fully saturated rings. The molecule has 0 spiro atoms. The fourth-order valence-corrected chi connectivity index (χ4v) is 4.96. The van der Waals surface area contributed by atoms with Crippen molar-refractivity contribution in [2.45, 2.75) is 30.4 Å². The highest BCUT2D eigenvalue weighted by molar-refractivity contribution is 8.00. The van der Waals surface area contributed by atoms with E-state index in [-0.39, 0.29) is 11.8 Å². The van der Waals surface area contributed by atoms with Gasteiger partial charge in [0.2, 0.25) is 5.91 Å². The van der Waals surface area contributed by atoms with Crippen molar-refractivity contribution in [1.29, 1.82) is 0 Å². The van der Waals surface area contributed by atoms with Crippen LogP contribution in [0, 0.1) is 6.92 Å². The van der Waals surface area contributed by atoms with Crippen LogP contribution in [0.4, 0.5) is 0 Å². The second-order valence-corrected chi connectivity index (χ2v) is 9.29. The summed E-state index contributed by atoms with van der Waals surface area (Å²) in [6.45, 7) is 4.44. The van der Waals surface area contributed by atoms with E-state index < -0.39 is 0 Å². The van der Waals surface area contributed by atoms with Gasteiger partial charge in [0.15, 0.2) is 0 Å². The first kappa shape index (κ1) is 21.8. The Labute approximate surface area is 181 Å². The molecular formula is C23H28N2O2S2. The van der Waals surface area contributed by atoms with Crippen LogP contribution >= 0.6 is 23.5 Å². The smallest absolute Gasteiger partial charge is 0.252 e. The summed E-state index contributed by atoms with van der Waals surface area (Å²) in [6.07, 6.45) is 2.19. The SMILES string of the molecule is Cc1ccc(CSCCNC(=O)c2ccccc2SCC(=O)N2CCCC2)cc1. The number of hydrogen-bond donors (Lipinski definition) is 1. The number of carbonyl (C=O) groups excluding carboxylic acids is 2. The Kier molecular flexibility index (Phi) is 8.50. The predicted octanol–water partition coefficient (Wildman–Crippen LogP) is 4.37. The number of benzene rings is 2. The zero-order chi connectivity index (χ0) is 20.5. The van der Waals surface area contributed by atoms with Crippen LogP contribution in [0.1, 0.15) is 34.3 Å². The number of nitrogens with zero attached hydrogens (tertiary/aromatic N) is 1. The van der Waals surface area contributed by atoms with E-state index in [2.05, 4.69) is 36.5 Å². The van der Waals surface area contributed by atoms with E-state index in [1.54, 1.807) is 0 Å². The first-order valence-electron chi connectivity index (χ1n) is 10.0. The van der Waals surface area contributed by atoms with Gasteiger partial charge in [-0.1, -0.05) is 42.0 Å². The van der Waals surface area contributed by atoms with E-state index in [0.717, 1.165) is 42.3 Å². The van der Waals surface area contributed by atoms with E-state index in [1.165, 1.54) is 22.9 Å². The lowest BCUT2D eigenvalue weighted by Crippen LogP contribution is -2.29. The summed E-state index contributed by atoms with van der Waals surface area (Å²) in [5, 5.41) is 3.01. The Morgan fingerprint density at radius 2 is 1.76 bits per heavy atom. The molecule has 29 heavy (non-hydrogen) atoms. The van der Waals surface area contributed by atoms with Gasteiger partial charge in [0.1, 0.15) is 0 Å². The van der Waals surface area contributed by atoms with E-state index in [0.29, 0.717) is 17.9 Å². The van der Waals surface area contributed by atoms with Gasteiger partial charge >= 0.3 is 0 Å². The summed E-state index contributed by atoms with van der Waals surface area (Å²) in [5.41, 5.74) is 3.22. The van der Waals surface area contributed by atoms with E-state index in [9.17, 15) is 9.59 Å². The van der Waals surface area contributed by atoms with Crippen molar-refractivity contribution in [2.24, 2.45) is 0 Å². The minimum absolute atomic E-state index is 0.0716. The minimum atomic E-state index is -0.0716. The molecule has 3 rings (SSSR count). The summed E-state index contributed by atoms with van der Waals surface area (Å²) in [4.78, 5) is 27.7. The molecule has 4 nitrogen and oxygen atoms in total. The van der Waals surface area contributed by atoms with E-state index >= 15 is 0 Å². The Morgan fingerprint density at radius 1 is 1.03 bits per heavy atom. The normalized spacial score (nSPS) is 13.5. The lowest BCUT2D eigenvalue weighted by molar-refractivity contribution is -0.127. The molecule has 0 radical (unpaired) electrons. The number of likely N-dealkylation sites (tertiary alicyclic amines) is 1. The quantitative estimate of drug-likeness (QED) is 0.476. The Morgan fingerprint density at radius 3 is 2.52 bits per heavy atom. The minimum Gasteiger partial charge on any atom is -0.351 e. The molecule has 0 bridgehead atoms. The number of amides is 2. The number of thioether (sulfide) groups is 2. The van der Waals surface area contributed by atoms with Gasteiger partial charge in [-0.05, 0) is 37.5 Å². The maximum atomic E-state index is 12.6. The zero-order valence-corrected chi connectivity index (χ0v) is 18.5. The largest absolute Gasteiger partial charge is 0.351 e. The van der Waals surface area contributed by atoms with Crippen LogP contribution in [0.25, 0.3) is 0 Å². The number of rotatable bonds is 9. The summed E-state index contributed by atoms with van der Waals surface area (Å²) >= 11 is 3.27. The second-order valence-electron chi connectivity index (χ2n) is 7.17. The van der Waals surface area contributed by atoms with Crippen LogP contribution in [0.5, 0.6) is 0 Å². The highest BCUT2D eigenvalue weighted by Gasteiger charge is 2.19. The van der Waals surface area contributed by atoms with Crippen LogP contribution < -0.4 is 5.32 Å². The van der Waals surface area contributed by atoms with E-state index in [4.69, 9.17) is 0 Å². The molecule has 1 N–H and O–H groups in total. The summed E-state index contributed by atoms with van der Waals surface area (Å²) in [5.74, 6) is 2.29. The highest BCUT2D eigenvalue weighted by atomic mass is 32.2. The highest BCUT2D eigenvalue weighted by Crippen LogP contribution is 2.24. The molecule has 2 amide bonds. The molecule has 0 aliphatic carbocycles. The third-order valence-electron chi connectivity index (χ3n) is 4.86. The van der Waals surface area contributed by atoms with Crippen molar-refractivity contribution < 1.29 is 9.59 Å². The third kappa shape index (κ3) is 6.82. The van der Waals surface area contributed by atoms with Crippen LogP contribution in [0.3, 0.4) is 0 Å². The monoisotopic (exact) mass is 428 g/mol. The standard InChI is InChI=1S/C23H28N2O2S2/c1-18-8-10-19(11-9-18)16-28-15-12-24-23(27)20-6-2-3-7-21(20)29-17-22(26)25-13-4-5-14-25/h2-3,6-11H,4-5,12-17H2,1H3,(H,24,27). The molecule has 1 saturated heterocycles. The van der Waals surface area contributed by atoms with Crippen LogP contribution in [-0.2, 0) is 10.5 Å². The number of carbonyl (C=O) groups is 2. The topological polar surface area (TPSA) is 49.4 Å². The van der Waals surface area contributed by atoms with Gasteiger partial charge in [-0.15, -0.1) is 11.8 Å². The maximum Gasteiger partial charge on any atom is 0.252 e. The summed E-state index contributed by atoms with van der Waals surface area (Å²) < 4.78 is 0. The van der Waals surface area contributed by atoms with Crippen molar-refractivity contribution in [1.82, 2.24) is 10.2 Å². The maximum absolute atomic E-state index is 12.6. The molecule has 0 saturated carbocycles. The van der Waals surface area contributed by atoms with Crippen molar-refractivity contribution in [2.75, 3.05) is 31.1 Å². The Bertz CT molecular complexity index is 818. The lowest BCUT2D eigenvalue weighted by atomic mass is 10.2. The predicted molar refractivity (Wildman–Crippen MR) is 123 cm³/mol. The van der Waals surface area contributed by atoms with Crippen LogP contribution in [0.2, 0.25) is 0 Å². The fraction of sp³-hybridized carbons (Fsp3) is 0.391. The van der Waals surface area contributed by atoms with Crippen molar-refractivity contribution >= 4 is 35.3 Å². The molecule has 0 atom stereocenters. The molecule has 1 aliphatic heterocycles. The summed E-state index contributed by atoms with van der Waals surface area (Å²) in [6, 6.07) is 16.1. The number of hydrogen-bond acceptors (Lipinski definition) is 4. The molecule has 1 aliphatic rings. The van der Waals surface area contributed by atoms with Gasteiger partial charge < -0.3 is 10.2 Å². The lowest BCUT2D eigenvalue weighted by Gasteiger charge is -2.15. The molecule has 2 aromatic carbocycles. The van der Waals surface area contributed by atoms with Gasteiger partial charge in [0, 0.05) is 36.0 Å². The molecule has 2 aromatic rings. The van der Waals surface area contributed by atoms with Gasteiger partial charge in [0.05, 0.1) is 11.3 Å². The molecule has 0 unspecified atom stereocenters. The average molecular weight is 429 g/mol. The molecule has 154 valence electrons. The number of nitrogens with one attached hydrogen (secondary N) is 1. The molecular weight excluding hydrogens is 400 g/mol. The Balaban J connectivity index is 1.42. The average Bonchev–Trinajstić information content (AvgIpc) is 3.28. The zero-order valence-electron chi connectivity index (χ0n) is 16.9. The first-order valence-corrected chi connectivity index (χ1v) is 12.2. The molecule has 1 heterocycles. The van der Waals surface area contributed by atoms with Gasteiger partial charge in [0.25, 0.3) is 5.91 Å². The molecule has 0 aromatic heterocycles. The summed E-state index contributed by atoms with van der Waals surface area (Å²) in [7, 11) is 0. The Hall–Kier alpha value is -1.92. The van der Waals surface area contributed by atoms with Crippen molar-refractivity contribution in [3.63, 3.8) is 0 Å². The van der Waals surface area contributed by atoms with Crippen LogP contribution in [0.15, 0.2) is 53.4 Å². The third-order valence-corrected chi connectivity index (χ3v) is 6.95. The second kappa shape index (κ2) is 11.3. The van der Waals surface area contributed by atoms with Crippen molar-refractivity contribution in [3.05, 3.63) is 65.2 Å². The fourth-order valence-electron chi connectivity index (χ4n) is 3.18. The van der Waals surface area contributed by atoms with Gasteiger partial charge in [-0.2, -0.15) is 11.8 Å². The number of aryl methyl sites for hydroxylation is 1. The van der Waals surface area contributed by atoms with Gasteiger partial charge in [-0.3, -0.25) is 9.59 Å².